The zero-order valence-electron chi connectivity index (χ0n) is 11.2. The Labute approximate surface area is 99.2 Å². The maximum absolute atomic E-state index is 4.40. The lowest BCUT2D eigenvalue weighted by Gasteiger charge is -2.30. The van der Waals surface area contributed by atoms with Crippen molar-refractivity contribution < 1.29 is 0 Å². The van der Waals surface area contributed by atoms with Crippen molar-refractivity contribution in [1.82, 2.24) is 15.1 Å². The fraction of sp³-hybridized carbons (Fsp3) is 0.769. The van der Waals surface area contributed by atoms with E-state index in [1.165, 1.54) is 5.56 Å². The van der Waals surface area contributed by atoms with Crippen molar-refractivity contribution >= 4 is 0 Å². The number of rotatable bonds is 5. The summed E-state index contributed by atoms with van der Waals surface area (Å²) in [4.78, 5) is 0. The van der Waals surface area contributed by atoms with Crippen LogP contribution in [0.4, 0.5) is 0 Å². The van der Waals surface area contributed by atoms with E-state index in [1.54, 1.807) is 0 Å². The van der Waals surface area contributed by atoms with Gasteiger partial charge in [0.1, 0.15) is 0 Å². The molecule has 0 radical (unpaired) electrons. The van der Waals surface area contributed by atoms with E-state index in [-0.39, 0.29) is 5.41 Å². The Balaban J connectivity index is 2.84. The highest BCUT2D eigenvalue weighted by atomic mass is 15.3. The highest BCUT2D eigenvalue weighted by Gasteiger charge is 2.26. The molecular formula is C13H25N3. The molecule has 92 valence electrons. The SMILES string of the molecule is CCCn1cc(C(NCC)C(C)(C)C)cn1. The summed E-state index contributed by atoms with van der Waals surface area (Å²) < 4.78 is 2.03. The number of aryl methyl sites for hydroxylation is 1. The first kappa shape index (κ1) is 13.2. The molecule has 16 heavy (non-hydrogen) atoms. The lowest BCUT2D eigenvalue weighted by molar-refractivity contribution is 0.276. The Hall–Kier alpha value is -0.830. The molecule has 0 amide bonds. The van der Waals surface area contributed by atoms with Crippen molar-refractivity contribution in [3.05, 3.63) is 18.0 Å². The average molecular weight is 223 g/mol. The van der Waals surface area contributed by atoms with Gasteiger partial charge in [0, 0.05) is 24.3 Å². The van der Waals surface area contributed by atoms with E-state index in [9.17, 15) is 0 Å². The van der Waals surface area contributed by atoms with Crippen molar-refractivity contribution in [3.8, 4) is 0 Å². The van der Waals surface area contributed by atoms with Crippen LogP contribution in [0.15, 0.2) is 12.4 Å². The normalized spacial score (nSPS) is 14.1. The molecule has 0 bridgehead atoms. The Morgan fingerprint density at radius 3 is 2.56 bits per heavy atom. The molecule has 1 N–H and O–H groups in total. The first-order valence-corrected chi connectivity index (χ1v) is 6.24. The highest BCUT2D eigenvalue weighted by molar-refractivity contribution is 5.13. The van der Waals surface area contributed by atoms with Crippen LogP contribution < -0.4 is 5.32 Å². The standard InChI is InChI=1S/C13H25N3/c1-6-8-16-10-11(9-15-16)12(14-7-2)13(3,4)5/h9-10,12,14H,6-8H2,1-5H3. The second kappa shape index (κ2) is 5.48. The van der Waals surface area contributed by atoms with Gasteiger partial charge in [0.05, 0.1) is 6.20 Å². The van der Waals surface area contributed by atoms with E-state index in [2.05, 4.69) is 51.2 Å². The minimum absolute atomic E-state index is 0.218. The van der Waals surface area contributed by atoms with Gasteiger partial charge in [0.25, 0.3) is 0 Å². The molecule has 0 aromatic carbocycles. The summed E-state index contributed by atoms with van der Waals surface area (Å²) in [6, 6.07) is 0.378. The number of hydrogen-bond donors (Lipinski definition) is 1. The molecule has 1 heterocycles. The van der Waals surface area contributed by atoms with Crippen molar-refractivity contribution in [2.45, 2.75) is 53.6 Å². The van der Waals surface area contributed by atoms with Crippen LogP contribution >= 0.6 is 0 Å². The van der Waals surface area contributed by atoms with Gasteiger partial charge in [-0.2, -0.15) is 5.10 Å². The number of nitrogens with zero attached hydrogens (tertiary/aromatic N) is 2. The van der Waals surface area contributed by atoms with Gasteiger partial charge >= 0.3 is 0 Å². The van der Waals surface area contributed by atoms with Gasteiger partial charge in [-0.3, -0.25) is 4.68 Å². The molecule has 0 spiro atoms. The lowest BCUT2D eigenvalue weighted by Crippen LogP contribution is -2.31. The van der Waals surface area contributed by atoms with Crippen LogP contribution in [0.3, 0.4) is 0 Å². The van der Waals surface area contributed by atoms with E-state index < -0.39 is 0 Å². The Morgan fingerprint density at radius 1 is 1.38 bits per heavy atom. The first-order chi connectivity index (χ1) is 7.49. The maximum atomic E-state index is 4.40. The molecule has 1 rings (SSSR count). The van der Waals surface area contributed by atoms with Gasteiger partial charge in [0.15, 0.2) is 0 Å². The second-order valence-corrected chi connectivity index (χ2v) is 5.39. The van der Waals surface area contributed by atoms with Crippen molar-refractivity contribution in [3.63, 3.8) is 0 Å². The van der Waals surface area contributed by atoms with E-state index in [0.29, 0.717) is 6.04 Å². The zero-order valence-corrected chi connectivity index (χ0v) is 11.2. The third-order valence-corrected chi connectivity index (χ3v) is 2.71. The monoisotopic (exact) mass is 223 g/mol. The lowest BCUT2D eigenvalue weighted by atomic mass is 9.83. The summed E-state index contributed by atoms with van der Waals surface area (Å²) in [7, 11) is 0. The summed E-state index contributed by atoms with van der Waals surface area (Å²) in [5.74, 6) is 0. The molecule has 3 heteroatoms. The Bertz CT molecular complexity index is 309. The topological polar surface area (TPSA) is 29.9 Å². The highest BCUT2D eigenvalue weighted by Crippen LogP contribution is 2.32. The van der Waals surface area contributed by atoms with Crippen LogP contribution in [0.1, 0.15) is 52.6 Å². The van der Waals surface area contributed by atoms with Gasteiger partial charge in [0.2, 0.25) is 0 Å². The van der Waals surface area contributed by atoms with E-state index in [4.69, 9.17) is 0 Å². The van der Waals surface area contributed by atoms with Crippen molar-refractivity contribution in [1.29, 1.82) is 0 Å². The third-order valence-electron chi connectivity index (χ3n) is 2.71. The summed E-state index contributed by atoms with van der Waals surface area (Å²) in [5.41, 5.74) is 1.51. The number of nitrogens with one attached hydrogen (secondary N) is 1. The summed E-state index contributed by atoms with van der Waals surface area (Å²) in [5, 5.41) is 7.94. The molecule has 1 atom stereocenters. The summed E-state index contributed by atoms with van der Waals surface area (Å²) in [6.45, 7) is 13.1. The second-order valence-electron chi connectivity index (χ2n) is 5.39. The molecular weight excluding hydrogens is 198 g/mol. The summed E-state index contributed by atoms with van der Waals surface area (Å²) in [6.07, 6.45) is 5.29. The van der Waals surface area contributed by atoms with Gasteiger partial charge in [-0.1, -0.05) is 34.6 Å². The largest absolute Gasteiger partial charge is 0.310 e. The predicted octanol–water partition coefficient (Wildman–Crippen LogP) is 2.99. The van der Waals surface area contributed by atoms with Crippen LogP contribution in [-0.4, -0.2) is 16.3 Å². The molecule has 0 aliphatic carbocycles. The molecule has 1 unspecified atom stereocenters. The molecule has 0 aliphatic heterocycles. The summed E-state index contributed by atoms with van der Waals surface area (Å²) >= 11 is 0. The van der Waals surface area contributed by atoms with Crippen LogP contribution in [0.5, 0.6) is 0 Å². The minimum Gasteiger partial charge on any atom is -0.310 e. The Morgan fingerprint density at radius 2 is 2.06 bits per heavy atom. The average Bonchev–Trinajstić information content (AvgIpc) is 2.61. The number of aromatic nitrogens is 2. The zero-order chi connectivity index (χ0) is 12.2. The van der Waals surface area contributed by atoms with E-state index in [0.717, 1.165) is 19.5 Å². The maximum Gasteiger partial charge on any atom is 0.0537 e. The molecule has 0 saturated carbocycles. The van der Waals surface area contributed by atoms with E-state index in [1.807, 2.05) is 10.9 Å². The number of hydrogen-bond acceptors (Lipinski definition) is 2. The first-order valence-electron chi connectivity index (χ1n) is 6.24. The fourth-order valence-electron chi connectivity index (χ4n) is 2.01. The molecule has 1 aromatic heterocycles. The fourth-order valence-corrected chi connectivity index (χ4v) is 2.01. The molecule has 0 aliphatic rings. The van der Waals surface area contributed by atoms with E-state index >= 15 is 0 Å². The molecule has 3 nitrogen and oxygen atoms in total. The van der Waals surface area contributed by atoms with Gasteiger partial charge in [-0.15, -0.1) is 0 Å². The molecule has 0 fully saturated rings. The molecule has 1 aromatic rings. The van der Waals surface area contributed by atoms with Gasteiger partial charge < -0.3 is 5.32 Å². The third kappa shape index (κ3) is 3.34. The predicted molar refractivity (Wildman–Crippen MR) is 68.4 cm³/mol. The van der Waals surface area contributed by atoms with Crippen LogP contribution in [0.2, 0.25) is 0 Å². The van der Waals surface area contributed by atoms with Crippen LogP contribution in [-0.2, 0) is 6.54 Å². The quantitative estimate of drug-likeness (QED) is 0.831. The molecule has 0 saturated heterocycles. The van der Waals surface area contributed by atoms with Crippen molar-refractivity contribution in [2.75, 3.05) is 6.54 Å². The minimum atomic E-state index is 0.218. The smallest absolute Gasteiger partial charge is 0.0537 e. The van der Waals surface area contributed by atoms with Crippen LogP contribution in [0.25, 0.3) is 0 Å². The Kier molecular flexibility index (Phi) is 4.54. The van der Waals surface area contributed by atoms with Crippen LogP contribution in [0, 0.1) is 5.41 Å². The van der Waals surface area contributed by atoms with Crippen molar-refractivity contribution in [2.24, 2.45) is 5.41 Å². The van der Waals surface area contributed by atoms with Gasteiger partial charge in [-0.05, 0) is 18.4 Å². The van der Waals surface area contributed by atoms with Gasteiger partial charge in [-0.25, -0.2) is 0 Å².